The summed E-state index contributed by atoms with van der Waals surface area (Å²) < 4.78 is 22.7. The molecule has 1 amide bonds. The highest BCUT2D eigenvalue weighted by Gasteiger charge is 2.51. The van der Waals surface area contributed by atoms with E-state index in [2.05, 4.69) is 19.2 Å². The number of ether oxygens (including phenoxy) is 4. The first-order chi connectivity index (χ1) is 31.1. The first-order valence-electron chi connectivity index (χ1n) is 25.9. The van der Waals surface area contributed by atoms with Gasteiger partial charge in [0.05, 0.1) is 32.0 Å². The highest BCUT2D eigenvalue weighted by molar-refractivity contribution is 5.76. The molecule has 0 radical (unpaired) electrons. The van der Waals surface area contributed by atoms with Crippen LogP contribution in [0, 0.1) is 0 Å². The van der Waals surface area contributed by atoms with Crippen LogP contribution in [0.3, 0.4) is 0 Å². The van der Waals surface area contributed by atoms with E-state index in [1.54, 1.807) is 6.08 Å². The van der Waals surface area contributed by atoms with Gasteiger partial charge in [0.1, 0.15) is 48.8 Å². The Kier molecular flexibility index (Phi) is 34.7. The van der Waals surface area contributed by atoms with Gasteiger partial charge in [-0.05, 0) is 19.3 Å². The maximum absolute atomic E-state index is 13.1. The predicted molar refractivity (Wildman–Crippen MR) is 249 cm³/mol. The van der Waals surface area contributed by atoms with Crippen LogP contribution in [0.4, 0.5) is 0 Å². The van der Waals surface area contributed by atoms with Crippen molar-refractivity contribution in [2.75, 3.05) is 19.8 Å². The zero-order valence-corrected chi connectivity index (χ0v) is 40.0. The molecule has 378 valence electrons. The summed E-state index contributed by atoms with van der Waals surface area (Å²) in [7, 11) is 0. The first-order valence-corrected chi connectivity index (χ1v) is 25.9. The molecule has 2 saturated heterocycles. The van der Waals surface area contributed by atoms with E-state index in [1.165, 1.54) is 141 Å². The maximum atomic E-state index is 13.1. The van der Waals surface area contributed by atoms with Crippen molar-refractivity contribution in [3.05, 3.63) is 12.2 Å². The van der Waals surface area contributed by atoms with Crippen LogP contribution in [-0.4, -0.2) is 140 Å². The van der Waals surface area contributed by atoms with Gasteiger partial charge in [0, 0.05) is 6.42 Å². The van der Waals surface area contributed by atoms with Crippen molar-refractivity contribution in [1.29, 1.82) is 0 Å². The number of hydrogen-bond acceptors (Lipinski definition) is 13. The number of carbonyl (C=O) groups excluding carboxylic acids is 1. The minimum absolute atomic E-state index is 0.239. The third-order valence-corrected chi connectivity index (χ3v) is 13.0. The fraction of sp³-hybridized carbons (Fsp3) is 0.940. The van der Waals surface area contributed by atoms with Gasteiger partial charge in [0.25, 0.3) is 0 Å². The lowest BCUT2D eigenvalue weighted by Crippen LogP contribution is -2.65. The second kappa shape index (κ2) is 37.7. The first kappa shape index (κ1) is 58.9. The lowest BCUT2D eigenvalue weighted by molar-refractivity contribution is -0.359. The third kappa shape index (κ3) is 24.7. The molecule has 0 aromatic rings. The fourth-order valence-corrected chi connectivity index (χ4v) is 8.70. The van der Waals surface area contributed by atoms with E-state index in [-0.39, 0.29) is 18.9 Å². The third-order valence-electron chi connectivity index (χ3n) is 13.0. The molecule has 64 heavy (non-hydrogen) atoms. The van der Waals surface area contributed by atoms with Crippen LogP contribution in [0.25, 0.3) is 0 Å². The Labute approximate surface area is 386 Å². The van der Waals surface area contributed by atoms with Crippen molar-refractivity contribution < 1.29 is 64.6 Å². The molecule has 12 atom stereocenters. The number of allylic oxidation sites excluding steroid dienone is 1. The maximum Gasteiger partial charge on any atom is 0.220 e. The monoisotopic (exact) mass is 918 g/mol. The summed E-state index contributed by atoms with van der Waals surface area (Å²) in [6.45, 7) is 2.78. The summed E-state index contributed by atoms with van der Waals surface area (Å²) in [5.41, 5.74) is 0. The van der Waals surface area contributed by atoms with E-state index in [0.29, 0.717) is 6.42 Å². The molecule has 0 saturated carbocycles. The molecule has 0 aromatic heterocycles. The standard InChI is InChI=1S/C50H95NO13/c1-3-5-7-9-11-13-15-16-17-18-19-20-21-22-24-25-27-29-31-33-39(54)38(51-42(55)34-32-30-28-26-23-14-12-10-8-6-4-2)37-61-49-47(60)45(58)48(41(36-53)63-49)64-50-46(59)44(57)43(56)40(35-52)62-50/h31,33,38-41,43-50,52-54,56-60H,3-30,32,34-37H2,1-2H3,(H,51,55)/b33-31+. The molecule has 2 rings (SSSR count). The normalized spacial score (nSPS) is 27.3. The molecular weight excluding hydrogens is 823 g/mol. The average molecular weight is 918 g/mol. The molecule has 0 aromatic carbocycles. The Balaban J connectivity index is 1.83. The number of hydrogen-bond donors (Lipinski definition) is 9. The Hall–Kier alpha value is -1.27. The van der Waals surface area contributed by atoms with E-state index in [0.717, 1.165) is 38.5 Å². The van der Waals surface area contributed by atoms with Gasteiger partial charge in [0.2, 0.25) is 5.91 Å². The van der Waals surface area contributed by atoms with Crippen molar-refractivity contribution in [1.82, 2.24) is 5.32 Å². The van der Waals surface area contributed by atoms with Gasteiger partial charge in [-0.3, -0.25) is 4.79 Å². The second-order valence-electron chi connectivity index (χ2n) is 18.7. The molecule has 0 aliphatic carbocycles. The second-order valence-corrected chi connectivity index (χ2v) is 18.7. The Morgan fingerprint density at radius 1 is 0.547 bits per heavy atom. The van der Waals surface area contributed by atoms with E-state index in [1.807, 2.05) is 6.08 Å². The summed E-state index contributed by atoms with van der Waals surface area (Å²) in [5, 5.41) is 86.7. The van der Waals surface area contributed by atoms with Gasteiger partial charge in [-0.25, -0.2) is 0 Å². The van der Waals surface area contributed by atoms with E-state index < -0.39 is 86.8 Å². The molecular formula is C50H95NO13. The number of rotatable bonds is 40. The number of amides is 1. The van der Waals surface area contributed by atoms with Crippen molar-refractivity contribution in [2.45, 2.75) is 280 Å². The van der Waals surface area contributed by atoms with E-state index >= 15 is 0 Å². The van der Waals surface area contributed by atoms with Gasteiger partial charge < -0.3 is 65.1 Å². The Morgan fingerprint density at radius 2 is 0.969 bits per heavy atom. The van der Waals surface area contributed by atoms with Gasteiger partial charge >= 0.3 is 0 Å². The van der Waals surface area contributed by atoms with Crippen LogP contribution < -0.4 is 5.32 Å². The topological polar surface area (TPSA) is 228 Å². The summed E-state index contributed by atoms with van der Waals surface area (Å²) in [4.78, 5) is 13.1. The van der Waals surface area contributed by atoms with Gasteiger partial charge in [-0.15, -0.1) is 0 Å². The van der Waals surface area contributed by atoms with Crippen LogP contribution in [-0.2, 0) is 23.7 Å². The van der Waals surface area contributed by atoms with Crippen LogP contribution in [0.1, 0.15) is 206 Å². The van der Waals surface area contributed by atoms with E-state index in [9.17, 15) is 45.6 Å². The predicted octanol–water partition coefficient (Wildman–Crippen LogP) is 6.77. The number of aliphatic hydroxyl groups is 8. The van der Waals surface area contributed by atoms with E-state index in [4.69, 9.17) is 18.9 Å². The number of carbonyl (C=O) groups is 1. The minimum atomic E-state index is -1.78. The lowest BCUT2D eigenvalue weighted by Gasteiger charge is -2.46. The van der Waals surface area contributed by atoms with Crippen molar-refractivity contribution >= 4 is 5.91 Å². The molecule has 2 aliphatic heterocycles. The number of unbranched alkanes of at least 4 members (excludes halogenated alkanes) is 27. The van der Waals surface area contributed by atoms with Crippen molar-refractivity contribution in [2.24, 2.45) is 0 Å². The minimum Gasteiger partial charge on any atom is -0.394 e. The molecule has 14 nitrogen and oxygen atoms in total. The molecule has 0 spiro atoms. The largest absolute Gasteiger partial charge is 0.394 e. The van der Waals surface area contributed by atoms with Crippen LogP contribution >= 0.6 is 0 Å². The highest BCUT2D eigenvalue weighted by atomic mass is 16.7. The SMILES string of the molecule is CCCCCCCCCCCCCCCCCCC/C=C/C(O)C(COC1OC(CO)C(OC2OC(CO)C(O)C(O)C2O)C(O)C1O)NC(=O)CCCCCCCCCCCCC. The molecule has 0 bridgehead atoms. The summed E-state index contributed by atoms with van der Waals surface area (Å²) in [5.74, 6) is -0.239. The molecule has 2 aliphatic rings. The Bertz CT molecular complexity index is 1130. The van der Waals surface area contributed by atoms with Crippen molar-refractivity contribution in [3.8, 4) is 0 Å². The average Bonchev–Trinajstić information content (AvgIpc) is 3.29. The van der Waals surface area contributed by atoms with Gasteiger partial charge in [-0.2, -0.15) is 0 Å². The smallest absolute Gasteiger partial charge is 0.220 e. The Morgan fingerprint density at radius 3 is 1.44 bits per heavy atom. The molecule has 9 N–H and O–H groups in total. The number of aliphatic hydroxyl groups excluding tert-OH is 8. The lowest BCUT2D eigenvalue weighted by atomic mass is 9.97. The molecule has 12 unspecified atom stereocenters. The molecule has 14 heteroatoms. The van der Waals surface area contributed by atoms with Gasteiger partial charge in [-0.1, -0.05) is 193 Å². The quantitative estimate of drug-likeness (QED) is 0.0229. The fourth-order valence-electron chi connectivity index (χ4n) is 8.70. The van der Waals surface area contributed by atoms with Gasteiger partial charge in [0.15, 0.2) is 12.6 Å². The van der Waals surface area contributed by atoms with Crippen LogP contribution in [0.5, 0.6) is 0 Å². The van der Waals surface area contributed by atoms with Crippen molar-refractivity contribution in [3.63, 3.8) is 0 Å². The summed E-state index contributed by atoms with van der Waals surface area (Å²) >= 11 is 0. The number of nitrogens with one attached hydrogen (secondary N) is 1. The summed E-state index contributed by atoms with van der Waals surface area (Å²) in [6.07, 6.45) is 22.5. The zero-order valence-electron chi connectivity index (χ0n) is 40.0. The van der Waals surface area contributed by atoms with Crippen LogP contribution in [0.15, 0.2) is 12.2 Å². The summed E-state index contributed by atoms with van der Waals surface area (Å²) in [6, 6.07) is -0.907. The molecule has 2 heterocycles. The zero-order chi connectivity index (χ0) is 46.8. The molecule has 2 fully saturated rings. The highest BCUT2D eigenvalue weighted by Crippen LogP contribution is 2.30. The van der Waals surface area contributed by atoms with Crippen LogP contribution in [0.2, 0.25) is 0 Å².